The van der Waals surface area contributed by atoms with Crippen LogP contribution in [0.3, 0.4) is 0 Å². The largest absolute Gasteiger partial charge is 0.380 e. The van der Waals surface area contributed by atoms with Crippen LogP contribution in [0.25, 0.3) is 0 Å². The summed E-state index contributed by atoms with van der Waals surface area (Å²) in [5, 5.41) is 6.77. The van der Waals surface area contributed by atoms with Gasteiger partial charge in [-0.3, -0.25) is 4.79 Å². The maximum Gasteiger partial charge on any atom is 0.269 e. The van der Waals surface area contributed by atoms with Crippen molar-refractivity contribution in [3.8, 4) is 0 Å². The van der Waals surface area contributed by atoms with Gasteiger partial charge in [-0.15, -0.1) is 0 Å². The summed E-state index contributed by atoms with van der Waals surface area (Å²) < 4.78 is 0. The minimum absolute atomic E-state index is 0.138. The monoisotopic (exact) mass is 303 g/mol. The fourth-order valence-corrected chi connectivity index (χ4v) is 1.89. The Morgan fingerprint density at radius 3 is 2.57 bits per heavy atom. The number of nitrogens with one attached hydrogen (secondary N) is 2. The third-order valence-corrected chi connectivity index (χ3v) is 3.19. The highest BCUT2D eigenvalue weighted by molar-refractivity contribution is 6.30. The molecule has 0 saturated carbocycles. The molecule has 5 heteroatoms. The summed E-state index contributed by atoms with van der Waals surface area (Å²) in [6, 6.07) is 11.2. The molecule has 0 spiro atoms. The fraction of sp³-hybridized carbons (Fsp3) is 0.250. The van der Waals surface area contributed by atoms with Crippen LogP contribution >= 0.6 is 11.6 Å². The van der Waals surface area contributed by atoms with E-state index in [2.05, 4.69) is 15.6 Å². The maximum absolute atomic E-state index is 11.7. The van der Waals surface area contributed by atoms with Crippen molar-refractivity contribution in [2.75, 3.05) is 11.9 Å². The van der Waals surface area contributed by atoms with Crippen molar-refractivity contribution >= 4 is 23.2 Å². The number of hydrogen-bond donors (Lipinski definition) is 2. The Kier molecular flexibility index (Phi) is 5.58. The number of halogens is 1. The second-order valence-electron chi connectivity index (χ2n) is 4.67. The van der Waals surface area contributed by atoms with Gasteiger partial charge in [-0.1, -0.05) is 30.7 Å². The summed E-state index contributed by atoms with van der Waals surface area (Å²) in [5.74, 6) is -0.138. The normalized spacial score (nSPS) is 10.2. The first kappa shape index (κ1) is 15.3. The molecule has 21 heavy (non-hydrogen) atoms. The van der Waals surface area contributed by atoms with E-state index in [4.69, 9.17) is 11.6 Å². The summed E-state index contributed by atoms with van der Waals surface area (Å²) >= 11 is 5.84. The number of amides is 1. The molecular weight excluding hydrogens is 286 g/mol. The van der Waals surface area contributed by atoms with Crippen molar-refractivity contribution in [2.45, 2.75) is 19.9 Å². The van der Waals surface area contributed by atoms with Crippen LogP contribution in [-0.4, -0.2) is 17.4 Å². The first-order valence-corrected chi connectivity index (χ1v) is 7.29. The van der Waals surface area contributed by atoms with Crippen molar-refractivity contribution in [3.05, 3.63) is 58.9 Å². The van der Waals surface area contributed by atoms with Crippen molar-refractivity contribution in [1.82, 2.24) is 10.3 Å². The van der Waals surface area contributed by atoms with Crippen LogP contribution in [0.1, 0.15) is 29.4 Å². The molecule has 0 saturated heterocycles. The molecule has 0 unspecified atom stereocenters. The first-order valence-electron chi connectivity index (χ1n) is 6.91. The minimum Gasteiger partial charge on any atom is -0.380 e. The van der Waals surface area contributed by atoms with Crippen LogP contribution in [0, 0.1) is 0 Å². The molecule has 4 nitrogen and oxygen atoms in total. The number of benzene rings is 1. The SMILES string of the molecule is CCCNC(=O)c1ccc(NCc2ccc(Cl)cc2)cn1. The Morgan fingerprint density at radius 2 is 1.95 bits per heavy atom. The van der Waals surface area contributed by atoms with Gasteiger partial charge in [0.25, 0.3) is 5.91 Å². The molecule has 0 bridgehead atoms. The van der Waals surface area contributed by atoms with Gasteiger partial charge in [-0.25, -0.2) is 4.98 Å². The molecule has 0 atom stereocenters. The van der Waals surface area contributed by atoms with Crippen molar-refractivity contribution in [3.63, 3.8) is 0 Å². The molecule has 2 aromatic rings. The zero-order valence-electron chi connectivity index (χ0n) is 11.9. The average molecular weight is 304 g/mol. The Labute approximate surface area is 129 Å². The van der Waals surface area contributed by atoms with Crippen molar-refractivity contribution < 1.29 is 4.79 Å². The van der Waals surface area contributed by atoms with E-state index in [0.717, 1.165) is 22.7 Å². The van der Waals surface area contributed by atoms with Gasteiger partial charge in [0.1, 0.15) is 5.69 Å². The third kappa shape index (κ3) is 4.76. The molecule has 2 N–H and O–H groups in total. The Balaban J connectivity index is 1.90. The summed E-state index contributed by atoms with van der Waals surface area (Å²) in [7, 11) is 0. The highest BCUT2D eigenvalue weighted by Crippen LogP contribution is 2.12. The van der Waals surface area contributed by atoms with Crippen LogP contribution in [0.4, 0.5) is 5.69 Å². The van der Waals surface area contributed by atoms with E-state index in [1.54, 1.807) is 12.3 Å². The molecule has 0 aliphatic rings. The lowest BCUT2D eigenvalue weighted by molar-refractivity contribution is 0.0949. The second-order valence-corrected chi connectivity index (χ2v) is 5.10. The number of hydrogen-bond acceptors (Lipinski definition) is 3. The number of anilines is 1. The lowest BCUT2D eigenvalue weighted by Crippen LogP contribution is -2.24. The highest BCUT2D eigenvalue weighted by Gasteiger charge is 2.05. The fourth-order valence-electron chi connectivity index (χ4n) is 1.77. The minimum atomic E-state index is -0.138. The maximum atomic E-state index is 11.7. The molecule has 0 aliphatic carbocycles. The topological polar surface area (TPSA) is 54.0 Å². The molecule has 1 aromatic carbocycles. The van der Waals surface area contributed by atoms with E-state index in [1.807, 2.05) is 37.3 Å². The Bertz CT molecular complexity index is 581. The van der Waals surface area contributed by atoms with Gasteiger partial charge in [-0.05, 0) is 36.2 Å². The van der Waals surface area contributed by atoms with Gasteiger partial charge in [0.15, 0.2) is 0 Å². The van der Waals surface area contributed by atoms with Gasteiger partial charge >= 0.3 is 0 Å². The lowest BCUT2D eigenvalue weighted by Gasteiger charge is -2.07. The molecule has 0 aliphatic heterocycles. The quantitative estimate of drug-likeness (QED) is 0.859. The lowest BCUT2D eigenvalue weighted by atomic mass is 10.2. The van der Waals surface area contributed by atoms with Gasteiger partial charge < -0.3 is 10.6 Å². The van der Waals surface area contributed by atoms with E-state index in [0.29, 0.717) is 18.8 Å². The third-order valence-electron chi connectivity index (χ3n) is 2.94. The van der Waals surface area contributed by atoms with E-state index < -0.39 is 0 Å². The first-order chi connectivity index (χ1) is 10.2. The molecule has 0 fully saturated rings. The predicted octanol–water partition coefficient (Wildman–Crippen LogP) is 3.49. The van der Waals surface area contributed by atoms with E-state index in [1.165, 1.54) is 0 Å². The molecule has 1 amide bonds. The van der Waals surface area contributed by atoms with Gasteiger partial charge in [-0.2, -0.15) is 0 Å². The van der Waals surface area contributed by atoms with Crippen molar-refractivity contribution in [2.24, 2.45) is 0 Å². The standard InChI is InChI=1S/C16H18ClN3O/c1-2-9-18-16(21)15-8-7-14(11-20-15)19-10-12-3-5-13(17)6-4-12/h3-8,11,19H,2,9-10H2,1H3,(H,18,21). The van der Waals surface area contributed by atoms with Gasteiger partial charge in [0.05, 0.1) is 11.9 Å². The molecule has 1 heterocycles. The zero-order chi connectivity index (χ0) is 15.1. The molecule has 0 radical (unpaired) electrons. The summed E-state index contributed by atoms with van der Waals surface area (Å²) in [6.45, 7) is 3.36. The van der Waals surface area contributed by atoms with E-state index in [-0.39, 0.29) is 5.91 Å². The number of aromatic nitrogens is 1. The number of nitrogens with zero attached hydrogens (tertiary/aromatic N) is 1. The number of carbonyl (C=O) groups excluding carboxylic acids is 1. The highest BCUT2D eigenvalue weighted by atomic mass is 35.5. The second kappa shape index (κ2) is 7.64. The van der Waals surface area contributed by atoms with Crippen LogP contribution in [0.5, 0.6) is 0 Å². The Morgan fingerprint density at radius 1 is 1.19 bits per heavy atom. The smallest absolute Gasteiger partial charge is 0.269 e. The summed E-state index contributed by atoms with van der Waals surface area (Å²) in [4.78, 5) is 15.9. The number of rotatable bonds is 6. The molecule has 2 rings (SSSR count). The number of carbonyl (C=O) groups is 1. The van der Waals surface area contributed by atoms with Gasteiger partial charge in [0, 0.05) is 18.1 Å². The molecule has 110 valence electrons. The van der Waals surface area contributed by atoms with Gasteiger partial charge in [0.2, 0.25) is 0 Å². The molecular formula is C16H18ClN3O. The zero-order valence-corrected chi connectivity index (χ0v) is 12.7. The van der Waals surface area contributed by atoms with Crippen LogP contribution in [0.2, 0.25) is 5.02 Å². The van der Waals surface area contributed by atoms with Crippen LogP contribution in [0.15, 0.2) is 42.6 Å². The summed E-state index contributed by atoms with van der Waals surface area (Å²) in [5.41, 5.74) is 2.43. The molecule has 1 aromatic heterocycles. The van der Waals surface area contributed by atoms with Crippen LogP contribution < -0.4 is 10.6 Å². The number of pyridine rings is 1. The van der Waals surface area contributed by atoms with Crippen molar-refractivity contribution in [1.29, 1.82) is 0 Å². The summed E-state index contributed by atoms with van der Waals surface area (Å²) in [6.07, 6.45) is 2.57. The van der Waals surface area contributed by atoms with E-state index in [9.17, 15) is 4.79 Å². The predicted molar refractivity (Wildman–Crippen MR) is 85.6 cm³/mol. The van der Waals surface area contributed by atoms with E-state index >= 15 is 0 Å². The average Bonchev–Trinajstić information content (AvgIpc) is 2.52. The van der Waals surface area contributed by atoms with Crippen LogP contribution in [-0.2, 0) is 6.54 Å². The Hall–Kier alpha value is -2.07.